The van der Waals surface area contributed by atoms with E-state index in [0.717, 1.165) is 12.0 Å². The van der Waals surface area contributed by atoms with Crippen molar-refractivity contribution in [2.24, 2.45) is 0 Å². The van der Waals surface area contributed by atoms with Gasteiger partial charge in [-0.05, 0) is 42.3 Å². The van der Waals surface area contributed by atoms with Crippen LogP contribution in [-0.2, 0) is 16.0 Å². The van der Waals surface area contributed by atoms with E-state index in [9.17, 15) is 9.59 Å². The smallest absolute Gasteiger partial charge is 0.315 e. The van der Waals surface area contributed by atoms with Gasteiger partial charge in [0.2, 0.25) is 5.91 Å². The number of hydrogen-bond donors (Lipinski definition) is 1. The molecule has 2 aromatic carbocycles. The summed E-state index contributed by atoms with van der Waals surface area (Å²) in [6.45, 7) is 1.94. The van der Waals surface area contributed by atoms with Crippen molar-refractivity contribution in [1.29, 1.82) is 0 Å². The molecule has 1 N–H and O–H groups in total. The Bertz CT molecular complexity index is 956. The Hall–Kier alpha value is -3.67. The van der Waals surface area contributed by atoms with Gasteiger partial charge in [-0.25, -0.2) is 4.98 Å². The lowest BCUT2D eigenvalue weighted by Crippen LogP contribution is -2.11. The van der Waals surface area contributed by atoms with Crippen LogP contribution >= 0.6 is 0 Å². The van der Waals surface area contributed by atoms with E-state index in [-0.39, 0.29) is 18.3 Å². The van der Waals surface area contributed by atoms with Gasteiger partial charge in [-0.2, -0.15) is 0 Å². The molecule has 6 nitrogen and oxygen atoms in total. The summed E-state index contributed by atoms with van der Waals surface area (Å²) in [5.41, 5.74) is 0.820. The molecule has 0 bridgehead atoms. The minimum atomic E-state index is -0.327. The van der Waals surface area contributed by atoms with Gasteiger partial charge in [-0.1, -0.05) is 37.3 Å². The normalized spacial score (nSPS) is 10.2. The molecular formula is C23H22N2O4. The molecular weight excluding hydrogens is 368 g/mol. The monoisotopic (exact) mass is 390 g/mol. The first-order valence-electron chi connectivity index (χ1n) is 9.41. The number of esters is 1. The number of nitrogens with one attached hydrogen (secondary N) is 1. The third-order valence-corrected chi connectivity index (χ3v) is 3.96. The quantitative estimate of drug-likeness (QED) is 0.443. The van der Waals surface area contributed by atoms with E-state index >= 15 is 0 Å². The topological polar surface area (TPSA) is 77.5 Å². The fourth-order valence-electron chi connectivity index (χ4n) is 2.61. The predicted octanol–water partition coefficient (Wildman–Crippen LogP) is 4.76. The SMILES string of the molecule is CCCC(=O)Nc1cc(Oc2ccc(CC(=O)Oc3ccccc3)cc2)ccn1. The number of hydrogen-bond acceptors (Lipinski definition) is 5. The maximum atomic E-state index is 12.0. The van der Waals surface area contributed by atoms with Crippen molar-refractivity contribution < 1.29 is 19.1 Å². The average Bonchev–Trinajstić information content (AvgIpc) is 2.71. The molecule has 1 heterocycles. The summed E-state index contributed by atoms with van der Waals surface area (Å²) in [5, 5.41) is 2.74. The van der Waals surface area contributed by atoms with Crippen LogP contribution in [0.15, 0.2) is 72.9 Å². The van der Waals surface area contributed by atoms with Gasteiger partial charge in [0, 0.05) is 18.7 Å². The van der Waals surface area contributed by atoms with Crippen molar-refractivity contribution in [3.05, 3.63) is 78.5 Å². The van der Waals surface area contributed by atoms with Crippen molar-refractivity contribution in [1.82, 2.24) is 4.98 Å². The third-order valence-electron chi connectivity index (χ3n) is 3.96. The highest BCUT2D eigenvalue weighted by Gasteiger charge is 2.08. The molecule has 3 rings (SSSR count). The summed E-state index contributed by atoms with van der Waals surface area (Å²) in [7, 11) is 0. The Morgan fingerprint density at radius 2 is 1.69 bits per heavy atom. The van der Waals surface area contributed by atoms with Gasteiger partial charge in [0.15, 0.2) is 0 Å². The first-order chi connectivity index (χ1) is 14.1. The molecule has 6 heteroatoms. The van der Waals surface area contributed by atoms with E-state index < -0.39 is 0 Å². The molecule has 0 aliphatic rings. The second kappa shape index (κ2) is 10.0. The van der Waals surface area contributed by atoms with Gasteiger partial charge < -0.3 is 14.8 Å². The lowest BCUT2D eigenvalue weighted by atomic mass is 10.1. The van der Waals surface area contributed by atoms with E-state index in [1.807, 2.05) is 37.3 Å². The average molecular weight is 390 g/mol. The molecule has 3 aromatic rings. The zero-order valence-corrected chi connectivity index (χ0v) is 16.1. The number of amides is 1. The van der Waals surface area contributed by atoms with E-state index in [1.54, 1.807) is 42.6 Å². The fraction of sp³-hybridized carbons (Fsp3) is 0.174. The number of carbonyl (C=O) groups excluding carboxylic acids is 2. The van der Waals surface area contributed by atoms with Gasteiger partial charge in [0.25, 0.3) is 0 Å². The Morgan fingerprint density at radius 3 is 2.41 bits per heavy atom. The highest BCUT2D eigenvalue weighted by Crippen LogP contribution is 2.23. The maximum Gasteiger partial charge on any atom is 0.315 e. The first kappa shape index (κ1) is 20.1. The summed E-state index contributed by atoms with van der Waals surface area (Å²) in [6, 6.07) is 19.5. The van der Waals surface area contributed by atoms with Gasteiger partial charge in [0.1, 0.15) is 23.1 Å². The second-order valence-electron chi connectivity index (χ2n) is 6.38. The molecule has 0 saturated carbocycles. The number of pyridine rings is 1. The summed E-state index contributed by atoms with van der Waals surface area (Å²) in [5.74, 6) is 1.74. The number of aromatic nitrogens is 1. The standard InChI is InChI=1S/C23H22N2O4/c1-2-6-22(26)25-21-16-20(13-14-24-21)28-19-11-9-17(10-12-19)15-23(27)29-18-7-4-3-5-8-18/h3-5,7-14,16H,2,6,15H2,1H3,(H,24,25,26). The van der Waals surface area contributed by atoms with Gasteiger partial charge in [-0.3, -0.25) is 9.59 Å². The maximum absolute atomic E-state index is 12.0. The molecule has 0 fully saturated rings. The minimum Gasteiger partial charge on any atom is -0.457 e. The lowest BCUT2D eigenvalue weighted by molar-refractivity contribution is -0.133. The van der Waals surface area contributed by atoms with Crippen LogP contribution in [0.1, 0.15) is 25.3 Å². The number of para-hydroxylation sites is 1. The molecule has 148 valence electrons. The molecule has 0 spiro atoms. The summed E-state index contributed by atoms with van der Waals surface area (Å²) in [6.07, 6.45) is 2.96. The number of benzene rings is 2. The predicted molar refractivity (Wildman–Crippen MR) is 110 cm³/mol. The van der Waals surface area contributed by atoms with Crippen LogP contribution in [0.4, 0.5) is 5.82 Å². The Kier molecular flexibility index (Phi) is 6.95. The molecule has 0 radical (unpaired) electrons. The van der Waals surface area contributed by atoms with E-state index in [0.29, 0.717) is 29.5 Å². The number of anilines is 1. The lowest BCUT2D eigenvalue weighted by Gasteiger charge is -2.09. The van der Waals surface area contributed by atoms with E-state index in [1.165, 1.54) is 0 Å². The number of carbonyl (C=O) groups is 2. The number of ether oxygens (including phenoxy) is 2. The van der Waals surface area contributed by atoms with Crippen molar-refractivity contribution in [3.8, 4) is 17.2 Å². The molecule has 0 saturated heterocycles. The number of nitrogens with zero attached hydrogens (tertiary/aromatic N) is 1. The highest BCUT2D eigenvalue weighted by molar-refractivity contribution is 5.89. The van der Waals surface area contributed by atoms with Gasteiger partial charge >= 0.3 is 5.97 Å². The van der Waals surface area contributed by atoms with Crippen LogP contribution in [-0.4, -0.2) is 16.9 Å². The summed E-state index contributed by atoms with van der Waals surface area (Å²) < 4.78 is 11.1. The molecule has 0 aliphatic carbocycles. The molecule has 29 heavy (non-hydrogen) atoms. The van der Waals surface area contributed by atoms with Crippen LogP contribution < -0.4 is 14.8 Å². The highest BCUT2D eigenvalue weighted by atomic mass is 16.5. The van der Waals surface area contributed by atoms with Gasteiger partial charge in [0.05, 0.1) is 6.42 Å². The fourth-order valence-corrected chi connectivity index (χ4v) is 2.61. The summed E-state index contributed by atoms with van der Waals surface area (Å²) in [4.78, 5) is 27.8. The molecule has 0 atom stereocenters. The Labute approximate surface area is 169 Å². The van der Waals surface area contributed by atoms with Crippen molar-refractivity contribution in [2.75, 3.05) is 5.32 Å². The van der Waals surface area contributed by atoms with Crippen LogP contribution in [0, 0.1) is 0 Å². The number of rotatable bonds is 8. The van der Waals surface area contributed by atoms with Crippen molar-refractivity contribution >= 4 is 17.7 Å². The summed E-state index contributed by atoms with van der Waals surface area (Å²) >= 11 is 0. The van der Waals surface area contributed by atoms with E-state index in [2.05, 4.69) is 10.3 Å². The van der Waals surface area contributed by atoms with Crippen LogP contribution in [0.3, 0.4) is 0 Å². The van der Waals surface area contributed by atoms with Crippen LogP contribution in [0.25, 0.3) is 0 Å². The Balaban J connectivity index is 1.56. The molecule has 0 aliphatic heterocycles. The molecule has 1 amide bonds. The zero-order valence-electron chi connectivity index (χ0n) is 16.1. The van der Waals surface area contributed by atoms with E-state index in [4.69, 9.17) is 9.47 Å². The second-order valence-corrected chi connectivity index (χ2v) is 6.38. The van der Waals surface area contributed by atoms with Crippen molar-refractivity contribution in [3.63, 3.8) is 0 Å². The van der Waals surface area contributed by atoms with Crippen LogP contribution in [0.5, 0.6) is 17.2 Å². The van der Waals surface area contributed by atoms with Crippen molar-refractivity contribution in [2.45, 2.75) is 26.2 Å². The first-order valence-corrected chi connectivity index (χ1v) is 9.41. The molecule has 1 aromatic heterocycles. The largest absolute Gasteiger partial charge is 0.457 e. The minimum absolute atomic E-state index is 0.0797. The zero-order chi connectivity index (χ0) is 20.5. The Morgan fingerprint density at radius 1 is 0.931 bits per heavy atom. The van der Waals surface area contributed by atoms with Gasteiger partial charge in [-0.15, -0.1) is 0 Å². The third kappa shape index (κ3) is 6.46. The molecule has 0 unspecified atom stereocenters. The van der Waals surface area contributed by atoms with Crippen LogP contribution in [0.2, 0.25) is 0 Å².